The lowest BCUT2D eigenvalue weighted by atomic mass is 9.64. The molecule has 4 aliphatic rings. The van der Waals surface area contributed by atoms with Crippen molar-refractivity contribution in [2.45, 2.75) is 51.2 Å². The van der Waals surface area contributed by atoms with Gasteiger partial charge in [-0.05, 0) is 50.9 Å². The van der Waals surface area contributed by atoms with E-state index in [9.17, 15) is 18.0 Å². The molecule has 8 atom stereocenters. The Bertz CT molecular complexity index is 562. The molecule has 6 heteroatoms. The van der Waals surface area contributed by atoms with Crippen LogP contribution in [0, 0.1) is 35.5 Å². The summed E-state index contributed by atoms with van der Waals surface area (Å²) in [6.45, 7) is 5.01. The van der Waals surface area contributed by atoms with Crippen LogP contribution in [-0.2, 0) is 14.3 Å². The minimum absolute atomic E-state index is 0.0334. The van der Waals surface area contributed by atoms with Gasteiger partial charge in [0.05, 0.1) is 24.0 Å². The Morgan fingerprint density at radius 1 is 1.09 bits per heavy atom. The number of halogens is 3. The molecule has 0 aromatic rings. The number of hydrogen-bond acceptors (Lipinski definition) is 3. The van der Waals surface area contributed by atoms with Gasteiger partial charge in [-0.25, -0.2) is 0 Å². The molecule has 23 heavy (non-hydrogen) atoms. The largest absolute Gasteiger partial charge is 0.460 e. The van der Waals surface area contributed by atoms with Gasteiger partial charge in [0.2, 0.25) is 0 Å². The maximum atomic E-state index is 13.7. The van der Waals surface area contributed by atoms with Crippen molar-refractivity contribution >= 4 is 5.97 Å². The Morgan fingerprint density at radius 2 is 1.65 bits per heavy atom. The van der Waals surface area contributed by atoms with Gasteiger partial charge in [-0.3, -0.25) is 4.79 Å². The third-order valence-corrected chi connectivity index (χ3v) is 5.81. The van der Waals surface area contributed by atoms with E-state index in [0.29, 0.717) is 0 Å². The van der Waals surface area contributed by atoms with Gasteiger partial charge in [-0.2, -0.15) is 13.2 Å². The summed E-state index contributed by atoms with van der Waals surface area (Å²) in [5, 5.41) is 0. The standard InChI is InChI=1S/C17H21F3O3/c1-16(2,3)23-15(21)11-12(17(18,19)20)14-10-8-5-4-7(6-8)9(10)13(11)22-14/h4-5,7-14H,6H2,1-3H3. The van der Waals surface area contributed by atoms with Crippen LogP contribution in [0.2, 0.25) is 0 Å². The molecular formula is C17H21F3O3. The van der Waals surface area contributed by atoms with Crippen LogP contribution in [0.3, 0.4) is 0 Å². The maximum Gasteiger partial charge on any atom is 0.395 e. The minimum Gasteiger partial charge on any atom is -0.460 e. The van der Waals surface area contributed by atoms with E-state index in [4.69, 9.17) is 9.47 Å². The Balaban J connectivity index is 1.68. The number of carbonyl (C=O) groups is 1. The van der Waals surface area contributed by atoms with Crippen molar-refractivity contribution in [3.63, 3.8) is 0 Å². The Morgan fingerprint density at radius 3 is 2.17 bits per heavy atom. The highest BCUT2D eigenvalue weighted by Crippen LogP contribution is 2.65. The summed E-state index contributed by atoms with van der Waals surface area (Å²) in [5.74, 6) is -3.38. The van der Waals surface area contributed by atoms with Gasteiger partial charge >= 0.3 is 12.1 Å². The zero-order chi connectivity index (χ0) is 16.7. The zero-order valence-electron chi connectivity index (χ0n) is 13.3. The number of carbonyl (C=O) groups excluding carboxylic acids is 1. The van der Waals surface area contributed by atoms with Crippen LogP contribution in [0.5, 0.6) is 0 Å². The topological polar surface area (TPSA) is 35.5 Å². The molecule has 2 saturated heterocycles. The fraction of sp³-hybridized carbons (Fsp3) is 0.824. The van der Waals surface area contributed by atoms with E-state index in [1.54, 1.807) is 20.8 Å². The van der Waals surface area contributed by atoms with Crippen LogP contribution in [0.1, 0.15) is 27.2 Å². The molecule has 8 unspecified atom stereocenters. The van der Waals surface area contributed by atoms with Crippen LogP contribution < -0.4 is 0 Å². The Hall–Kier alpha value is -1.04. The van der Waals surface area contributed by atoms with Crippen molar-refractivity contribution in [3.8, 4) is 0 Å². The third-order valence-electron chi connectivity index (χ3n) is 5.81. The fourth-order valence-corrected chi connectivity index (χ4v) is 5.28. The van der Waals surface area contributed by atoms with Gasteiger partial charge in [0.15, 0.2) is 0 Å². The van der Waals surface area contributed by atoms with Gasteiger partial charge in [0.25, 0.3) is 0 Å². The predicted octanol–water partition coefficient (Wildman–Crippen LogP) is 3.34. The summed E-state index contributed by atoms with van der Waals surface area (Å²) in [5.41, 5.74) is -0.803. The van der Waals surface area contributed by atoms with E-state index < -0.39 is 41.8 Å². The van der Waals surface area contributed by atoms with E-state index in [0.717, 1.165) is 6.42 Å². The zero-order valence-corrected chi connectivity index (χ0v) is 13.3. The van der Waals surface area contributed by atoms with Crippen LogP contribution in [0.15, 0.2) is 12.2 Å². The summed E-state index contributed by atoms with van der Waals surface area (Å²) < 4.78 is 52.0. The molecule has 0 N–H and O–H groups in total. The summed E-state index contributed by atoms with van der Waals surface area (Å²) in [4.78, 5) is 12.5. The number of hydrogen-bond donors (Lipinski definition) is 0. The first-order valence-electron chi connectivity index (χ1n) is 8.21. The van der Waals surface area contributed by atoms with E-state index >= 15 is 0 Å². The van der Waals surface area contributed by atoms with Crippen molar-refractivity contribution in [2.75, 3.05) is 0 Å². The quantitative estimate of drug-likeness (QED) is 0.546. The smallest absolute Gasteiger partial charge is 0.395 e. The molecule has 0 amide bonds. The fourth-order valence-electron chi connectivity index (χ4n) is 5.28. The summed E-state index contributed by atoms with van der Waals surface area (Å²) >= 11 is 0. The monoisotopic (exact) mass is 330 g/mol. The average Bonchev–Trinajstić information content (AvgIpc) is 3.12. The van der Waals surface area contributed by atoms with Crippen molar-refractivity contribution in [1.82, 2.24) is 0 Å². The number of esters is 1. The highest BCUT2D eigenvalue weighted by Gasteiger charge is 2.73. The molecule has 2 aliphatic carbocycles. The Kier molecular flexibility index (Phi) is 3.05. The average molecular weight is 330 g/mol. The minimum atomic E-state index is -4.45. The van der Waals surface area contributed by atoms with Crippen LogP contribution >= 0.6 is 0 Å². The second-order valence-corrected chi connectivity index (χ2v) is 8.29. The van der Waals surface area contributed by atoms with Crippen molar-refractivity contribution in [2.24, 2.45) is 35.5 Å². The number of alkyl halides is 3. The molecule has 0 aromatic heterocycles. The predicted molar refractivity (Wildman–Crippen MR) is 75.3 cm³/mol. The molecular weight excluding hydrogens is 309 g/mol. The molecule has 3 fully saturated rings. The summed E-state index contributed by atoms with van der Waals surface area (Å²) in [6.07, 6.45) is -0.987. The highest BCUT2D eigenvalue weighted by molar-refractivity contribution is 5.75. The molecule has 4 rings (SSSR count). The van der Waals surface area contributed by atoms with Crippen LogP contribution in [0.4, 0.5) is 13.2 Å². The molecule has 0 radical (unpaired) electrons. The first-order chi connectivity index (χ1) is 10.6. The molecule has 0 aromatic carbocycles. The van der Waals surface area contributed by atoms with E-state index in [1.165, 1.54) is 0 Å². The number of allylic oxidation sites excluding steroid dienone is 2. The van der Waals surface area contributed by atoms with Crippen LogP contribution in [-0.4, -0.2) is 30.0 Å². The van der Waals surface area contributed by atoms with Gasteiger partial charge in [0, 0.05) is 0 Å². The second kappa shape index (κ2) is 4.52. The van der Waals surface area contributed by atoms with Gasteiger partial charge < -0.3 is 9.47 Å². The second-order valence-electron chi connectivity index (χ2n) is 8.29. The lowest BCUT2D eigenvalue weighted by molar-refractivity contribution is -0.212. The van der Waals surface area contributed by atoms with Crippen LogP contribution in [0.25, 0.3) is 0 Å². The van der Waals surface area contributed by atoms with E-state index in [1.807, 2.05) is 6.08 Å². The number of ether oxygens (including phenoxy) is 2. The number of rotatable bonds is 1. The first-order valence-corrected chi connectivity index (χ1v) is 8.21. The lowest BCUT2D eigenvalue weighted by Crippen LogP contribution is -2.51. The van der Waals surface area contributed by atoms with E-state index in [-0.39, 0.29) is 23.7 Å². The SMILES string of the molecule is CC(C)(C)OC(=O)C1C2OC(C3C4C=CC(C4)C23)C1C(F)(F)F. The lowest BCUT2D eigenvalue weighted by Gasteiger charge is -2.39. The van der Waals surface area contributed by atoms with Crippen molar-refractivity contribution in [3.05, 3.63) is 12.2 Å². The molecule has 4 bridgehead atoms. The Labute approximate surface area is 133 Å². The van der Waals surface area contributed by atoms with Gasteiger partial charge in [0.1, 0.15) is 5.60 Å². The first kappa shape index (κ1) is 15.5. The van der Waals surface area contributed by atoms with E-state index in [2.05, 4.69) is 6.08 Å². The molecule has 128 valence electrons. The molecule has 3 nitrogen and oxygen atoms in total. The van der Waals surface area contributed by atoms with Crippen molar-refractivity contribution in [1.29, 1.82) is 0 Å². The summed E-state index contributed by atoms with van der Waals surface area (Å²) in [7, 11) is 0. The van der Waals surface area contributed by atoms with Gasteiger partial charge in [-0.1, -0.05) is 12.2 Å². The molecule has 2 aliphatic heterocycles. The summed E-state index contributed by atoms with van der Waals surface area (Å²) in [6, 6.07) is 0. The highest BCUT2D eigenvalue weighted by atomic mass is 19.4. The molecule has 0 spiro atoms. The number of fused-ring (bicyclic) bond motifs is 9. The van der Waals surface area contributed by atoms with Crippen molar-refractivity contribution < 1.29 is 27.4 Å². The maximum absolute atomic E-state index is 13.7. The molecule has 1 saturated carbocycles. The normalized spacial score (nSPS) is 47.2. The molecule has 2 heterocycles. The van der Waals surface area contributed by atoms with Gasteiger partial charge in [-0.15, -0.1) is 0 Å². The third kappa shape index (κ3) is 2.17.